The van der Waals surface area contributed by atoms with Gasteiger partial charge in [0.2, 0.25) is 26.0 Å². The summed E-state index contributed by atoms with van der Waals surface area (Å²) in [6, 6.07) is 9.48. The molecule has 3 aromatic rings. The van der Waals surface area contributed by atoms with Gasteiger partial charge in [0.1, 0.15) is 6.04 Å². The van der Waals surface area contributed by atoms with Gasteiger partial charge in [-0.1, -0.05) is 22.9 Å². The van der Waals surface area contributed by atoms with E-state index in [0.717, 1.165) is 15.6 Å². The molecule has 0 bridgehead atoms. The lowest BCUT2D eigenvalue weighted by atomic mass is 10.2. The molecule has 1 aromatic heterocycles. The Labute approximate surface area is 201 Å². The third kappa shape index (κ3) is 4.63. The quantitative estimate of drug-likeness (QED) is 0.525. The molecule has 1 aliphatic rings. The lowest BCUT2D eigenvalue weighted by molar-refractivity contribution is -0.119. The Morgan fingerprint density at radius 1 is 1.12 bits per heavy atom. The third-order valence-corrected chi connectivity index (χ3v) is 10.2. The van der Waals surface area contributed by atoms with Crippen molar-refractivity contribution in [2.45, 2.75) is 28.7 Å². The highest BCUT2D eigenvalue weighted by Crippen LogP contribution is 2.31. The summed E-state index contributed by atoms with van der Waals surface area (Å²) in [5.41, 5.74) is 0.532. The highest BCUT2D eigenvalue weighted by molar-refractivity contribution is 7.89. The predicted molar refractivity (Wildman–Crippen MR) is 127 cm³/mol. The molecule has 4 rings (SSSR count). The van der Waals surface area contributed by atoms with Crippen molar-refractivity contribution in [1.82, 2.24) is 13.6 Å². The fourth-order valence-electron chi connectivity index (χ4n) is 3.55. The lowest BCUT2D eigenvalue weighted by Gasteiger charge is -2.23. The van der Waals surface area contributed by atoms with Crippen LogP contribution in [0.2, 0.25) is 5.02 Å². The monoisotopic (exact) mass is 528 g/mol. The number of anilines is 1. The first kappa shape index (κ1) is 24.0. The van der Waals surface area contributed by atoms with Gasteiger partial charge in [-0.3, -0.25) is 4.79 Å². The zero-order valence-electron chi connectivity index (χ0n) is 17.7. The van der Waals surface area contributed by atoms with Crippen molar-refractivity contribution in [3.8, 4) is 0 Å². The van der Waals surface area contributed by atoms with Crippen LogP contribution in [0.3, 0.4) is 0 Å². The Morgan fingerprint density at radius 2 is 1.79 bits per heavy atom. The van der Waals surface area contributed by atoms with Gasteiger partial charge in [0.15, 0.2) is 5.13 Å². The van der Waals surface area contributed by atoms with Gasteiger partial charge in [0, 0.05) is 25.7 Å². The average Bonchev–Trinajstić information content (AvgIpc) is 3.40. The maximum atomic E-state index is 13.1. The number of carbonyl (C=O) groups is 1. The molecule has 0 aliphatic carbocycles. The summed E-state index contributed by atoms with van der Waals surface area (Å²) in [5, 5.41) is 3.39. The van der Waals surface area contributed by atoms with Crippen LogP contribution in [0.5, 0.6) is 0 Å². The summed E-state index contributed by atoms with van der Waals surface area (Å²) < 4.78 is 53.8. The maximum Gasteiger partial charge on any atom is 0.244 e. The number of nitrogens with one attached hydrogen (secondary N) is 1. The van der Waals surface area contributed by atoms with Crippen molar-refractivity contribution < 1.29 is 21.6 Å². The number of hydrogen-bond donors (Lipinski definition) is 1. The van der Waals surface area contributed by atoms with Crippen LogP contribution in [0.15, 0.2) is 52.3 Å². The van der Waals surface area contributed by atoms with Crippen LogP contribution in [0.4, 0.5) is 5.13 Å². The summed E-state index contributed by atoms with van der Waals surface area (Å²) in [6.07, 6.45) is 0.936. The molecule has 1 fully saturated rings. The van der Waals surface area contributed by atoms with Crippen LogP contribution < -0.4 is 5.32 Å². The zero-order chi connectivity index (χ0) is 24.0. The minimum Gasteiger partial charge on any atom is -0.301 e. The number of nitrogens with zero attached hydrogens (tertiary/aromatic N) is 3. The van der Waals surface area contributed by atoms with E-state index in [-0.39, 0.29) is 21.5 Å². The van der Waals surface area contributed by atoms with E-state index in [1.165, 1.54) is 54.8 Å². The Bertz CT molecular complexity index is 1420. The number of carbonyl (C=O) groups excluding carboxylic acids is 1. The van der Waals surface area contributed by atoms with Gasteiger partial charge >= 0.3 is 0 Å². The fourth-order valence-corrected chi connectivity index (χ4v) is 7.24. The van der Waals surface area contributed by atoms with Crippen molar-refractivity contribution in [2.75, 3.05) is 26.0 Å². The molecule has 1 atom stereocenters. The summed E-state index contributed by atoms with van der Waals surface area (Å²) in [7, 11) is -4.58. The van der Waals surface area contributed by atoms with Crippen molar-refractivity contribution in [2.24, 2.45) is 0 Å². The van der Waals surface area contributed by atoms with E-state index in [4.69, 9.17) is 11.6 Å². The van der Waals surface area contributed by atoms with E-state index < -0.39 is 32.0 Å². The molecule has 33 heavy (non-hydrogen) atoms. The summed E-state index contributed by atoms with van der Waals surface area (Å²) >= 11 is 6.98. The van der Waals surface area contributed by atoms with Crippen molar-refractivity contribution in [3.63, 3.8) is 0 Å². The normalized spacial score (nSPS) is 17.6. The lowest BCUT2D eigenvalue weighted by Crippen LogP contribution is -2.43. The SMILES string of the molecule is CN(C)S(=O)(=O)c1ccc2nc(NC(=O)C3CCCN3S(=O)(=O)c3ccc(Cl)cc3)sc2c1. The van der Waals surface area contributed by atoms with Gasteiger partial charge in [-0.15, -0.1) is 0 Å². The topological polar surface area (TPSA) is 117 Å². The number of amides is 1. The van der Waals surface area contributed by atoms with Crippen LogP contribution in [-0.4, -0.2) is 63.0 Å². The average molecular weight is 529 g/mol. The molecule has 1 amide bonds. The van der Waals surface area contributed by atoms with Crippen LogP contribution in [-0.2, 0) is 24.8 Å². The van der Waals surface area contributed by atoms with Gasteiger partial charge in [-0.05, 0) is 55.3 Å². The fraction of sp³-hybridized carbons (Fsp3) is 0.300. The van der Waals surface area contributed by atoms with Crippen molar-refractivity contribution >= 4 is 64.2 Å². The number of benzene rings is 2. The van der Waals surface area contributed by atoms with Crippen LogP contribution in [0.25, 0.3) is 10.2 Å². The first-order valence-electron chi connectivity index (χ1n) is 9.91. The van der Waals surface area contributed by atoms with Gasteiger partial charge in [-0.25, -0.2) is 26.1 Å². The van der Waals surface area contributed by atoms with E-state index >= 15 is 0 Å². The minimum absolute atomic E-state index is 0.0706. The number of rotatable bonds is 6. The van der Waals surface area contributed by atoms with E-state index in [1.807, 2.05) is 0 Å². The largest absolute Gasteiger partial charge is 0.301 e. The molecule has 0 saturated carbocycles. The minimum atomic E-state index is -3.87. The molecule has 2 heterocycles. The molecule has 1 N–H and O–H groups in total. The van der Waals surface area contributed by atoms with Gasteiger partial charge in [0.25, 0.3) is 0 Å². The molecular formula is C20H21ClN4O5S3. The first-order chi connectivity index (χ1) is 15.5. The Balaban J connectivity index is 1.56. The molecular weight excluding hydrogens is 508 g/mol. The summed E-state index contributed by atoms with van der Waals surface area (Å²) in [6.45, 7) is 0.231. The summed E-state index contributed by atoms with van der Waals surface area (Å²) in [5.74, 6) is -0.481. The number of halogens is 1. The summed E-state index contributed by atoms with van der Waals surface area (Å²) in [4.78, 5) is 17.5. The number of sulfonamides is 2. The van der Waals surface area contributed by atoms with Crippen LogP contribution >= 0.6 is 22.9 Å². The molecule has 0 radical (unpaired) electrons. The number of fused-ring (bicyclic) bond motifs is 1. The van der Waals surface area contributed by atoms with Crippen LogP contribution in [0.1, 0.15) is 12.8 Å². The molecule has 13 heteroatoms. The van der Waals surface area contributed by atoms with Gasteiger partial charge < -0.3 is 5.32 Å². The van der Waals surface area contributed by atoms with Crippen molar-refractivity contribution in [1.29, 1.82) is 0 Å². The highest BCUT2D eigenvalue weighted by Gasteiger charge is 2.39. The molecule has 1 unspecified atom stereocenters. The Kier molecular flexibility index (Phi) is 6.51. The van der Waals surface area contributed by atoms with Gasteiger partial charge in [0.05, 0.1) is 20.0 Å². The molecule has 1 aliphatic heterocycles. The molecule has 2 aromatic carbocycles. The second kappa shape index (κ2) is 8.93. The molecule has 1 saturated heterocycles. The second-order valence-electron chi connectivity index (χ2n) is 7.65. The first-order valence-corrected chi connectivity index (χ1v) is 14.0. The van der Waals surface area contributed by atoms with E-state index in [2.05, 4.69) is 10.3 Å². The van der Waals surface area contributed by atoms with E-state index in [1.54, 1.807) is 6.07 Å². The molecule has 0 spiro atoms. The Morgan fingerprint density at radius 3 is 2.45 bits per heavy atom. The smallest absolute Gasteiger partial charge is 0.244 e. The highest BCUT2D eigenvalue weighted by atomic mass is 35.5. The Hall–Kier alpha value is -2.09. The van der Waals surface area contributed by atoms with E-state index in [9.17, 15) is 21.6 Å². The number of hydrogen-bond acceptors (Lipinski definition) is 7. The number of thiazole rings is 1. The zero-order valence-corrected chi connectivity index (χ0v) is 20.9. The van der Waals surface area contributed by atoms with Crippen molar-refractivity contribution in [3.05, 3.63) is 47.5 Å². The molecule has 176 valence electrons. The molecule has 9 nitrogen and oxygen atoms in total. The van der Waals surface area contributed by atoms with Gasteiger partial charge in [-0.2, -0.15) is 4.31 Å². The van der Waals surface area contributed by atoms with E-state index in [0.29, 0.717) is 28.1 Å². The second-order valence-corrected chi connectivity index (χ2v) is 13.2. The maximum absolute atomic E-state index is 13.1. The standard InChI is InChI=1S/C20H21ClN4O5S3/c1-24(2)32(27,28)15-9-10-16-18(12-15)31-20(22-16)23-19(26)17-4-3-11-25(17)33(29,30)14-7-5-13(21)6-8-14/h5-10,12,17H,3-4,11H2,1-2H3,(H,22,23,26). The number of aromatic nitrogens is 1. The predicted octanol–water partition coefficient (Wildman–Crippen LogP) is 2.99. The third-order valence-electron chi connectivity index (χ3n) is 5.30. The van der Waals surface area contributed by atoms with Crippen LogP contribution in [0, 0.1) is 0 Å².